The van der Waals surface area contributed by atoms with Crippen LogP contribution in [-0.2, 0) is 11.3 Å². The lowest BCUT2D eigenvalue weighted by molar-refractivity contribution is -0.134. The van der Waals surface area contributed by atoms with Gasteiger partial charge < -0.3 is 10.2 Å². The molecule has 1 aromatic heterocycles. The van der Waals surface area contributed by atoms with Crippen LogP contribution >= 0.6 is 11.8 Å². The van der Waals surface area contributed by atoms with E-state index in [0.717, 1.165) is 23.7 Å². The third kappa shape index (κ3) is 4.49. The highest BCUT2D eigenvalue weighted by molar-refractivity contribution is 7.99. The topological polar surface area (TPSA) is 45.2 Å². The molecule has 1 aromatic rings. The molecule has 2 heterocycles. The van der Waals surface area contributed by atoms with E-state index >= 15 is 0 Å². The SMILES string of the molecule is CC(C)N(Cc1ccccn1)C(=O)CC1CSCCN1. The number of carbonyl (C=O) groups is 1. The van der Waals surface area contributed by atoms with Crippen LogP contribution in [0.15, 0.2) is 24.4 Å². The van der Waals surface area contributed by atoms with Gasteiger partial charge in [-0.05, 0) is 26.0 Å². The number of hydrogen-bond acceptors (Lipinski definition) is 4. The number of rotatable bonds is 5. The van der Waals surface area contributed by atoms with Crippen LogP contribution in [0.5, 0.6) is 0 Å². The predicted molar refractivity (Wildman–Crippen MR) is 83.7 cm³/mol. The second-order valence-corrected chi connectivity index (χ2v) is 6.52. The van der Waals surface area contributed by atoms with E-state index in [4.69, 9.17) is 0 Å². The molecule has 110 valence electrons. The number of thioether (sulfide) groups is 1. The monoisotopic (exact) mass is 293 g/mol. The summed E-state index contributed by atoms with van der Waals surface area (Å²) in [5, 5.41) is 3.42. The van der Waals surface area contributed by atoms with Crippen LogP contribution in [0, 0.1) is 0 Å². The number of hydrogen-bond donors (Lipinski definition) is 1. The Labute approximate surface area is 125 Å². The van der Waals surface area contributed by atoms with Gasteiger partial charge in [0.15, 0.2) is 0 Å². The standard InChI is InChI=1S/C15H23N3OS/c1-12(2)18(10-13-5-3-4-6-16-13)15(19)9-14-11-20-8-7-17-14/h3-6,12,14,17H,7-11H2,1-2H3. The predicted octanol–water partition coefficient (Wildman–Crippen LogP) is 1.91. The van der Waals surface area contributed by atoms with Gasteiger partial charge in [0.25, 0.3) is 0 Å². The highest BCUT2D eigenvalue weighted by Crippen LogP contribution is 2.14. The molecule has 0 radical (unpaired) electrons. The Kier molecular flexibility index (Phi) is 5.86. The lowest BCUT2D eigenvalue weighted by atomic mass is 10.1. The first-order chi connectivity index (χ1) is 9.66. The second kappa shape index (κ2) is 7.64. The molecule has 0 aromatic carbocycles. The quantitative estimate of drug-likeness (QED) is 0.901. The van der Waals surface area contributed by atoms with Crippen molar-refractivity contribution in [1.29, 1.82) is 0 Å². The summed E-state index contributed by atoms with van der Waals surface area (Å²) < 4.78 is 0. The van der Waals surface area contributed by atoms with Gasteiger partial charge in [0.2, 0.25) is 5.91 Å². The molecule has 1 unspecified atom stereocenters. The van der Waals surface area contributed by atoms with Crippen LogP contribution < -0.4 is 5.32 Å². The zero-order valence-corrected chi connectivity index (χ0v) is 13.0. The number of carbonyl (C=O) groups excluding carboxylic acids is 1. The van der Waals surface area contributed by atoms with Crippen LogP contribution in [0.1, 0.15) is 26.0 Å². The summed E-state index contributed by atoms with van der Waals surface area (Å²) in [6, 6.07) is 6.34. The molecule has 5 heteroatoms. The average molecular weight is 293 g/mol. The smallest absolute Gasteiger partial charge is 0.224 e. The Morgan fingerprint density at radius 2 is 2.40 bits per heavy atom. The maximum Gasteiger partial charge on any atom is 0.224 e. The average Bonchev–Trinajstić information content (AvgIpc) is 2.46. The van der Waals surface area contributed by atoms with Gasteiger partial charge in [-0.15, -0.1) is 0 Å². The minimum atomic E-state index is 0.195. The highest BCUT2D eigenvalue weighted by atomic mass is 32.2. The molecule has 1 atom stereocenters. The Morgan fingerprint density at radius 1 is 1.55 bits per heavy atom. The molecule has 2 rings (SSSR count). The van der Waals surface area contributed by atoms with Gasteiger partial charge in [-0.1, -0.05) is 6.07 Å². The van der Waals surface area contributed by atoms with Crippen LogP contribution in [-0.4, -0.2) is 45.9 Å². The summed E-state index contributed by atoms with van der Waals surface area (Å²) in [5.41, 5.74) is 0.945. The lowest BCUT2D eigenvalue weighted by Crippen LogP contribution is -2.44. The van der Waals surface area contributed by atoms with E-state index in [2.05, 4.69) is 24.1 Å². The van der Waals surface area contributed by atoms with Gasteiger partial charge in [0.05, 0.1) is 12.2 Å². The minimum absolute atomic E-state index is 0.195. The fourth-order valence-corrected chi connectivity index (χ4v) is 3.25. The van der Waals surface area contributed by atoms with Crippen molar-refractivity contribution in [3.05, 3.63) is 30.1 Å². The summed E-state index contributed by atoms with van der Waals surface area (Å²) in [4.78, 5) is 18.7. The van der Waals surface area contributed by atoms with E-state index in [-0.39, 0.29) is 11.9 Å². The first kappa shape index (κ1) is 15.3. The number of nitrogens with zero attached hydrogens (tertiary/aromatic N) is 2. The highest BCUT2D eigenvalue weighted by Gasteiger charge is 2.23. The first-order valence-electron chi connectivity index (χ1n) is 7.17. The van der Waals surface area contributed by atoms with E-state index in [1.54, 1.807) is 6.20 Å². The maximum absolute atomic E-state index is 12.5. The fraction of sp³-hybridized carbons (Fsp3) is 0.600. The van der Waals surface area contributed by atoms with Gasteiger partial charge in [-0.3, -0.25) is 9.78 Å². The largest absolute Gasteiger partial charge is 0.334 e. The Morgan fingerprint density at radius 3 is 3.00 bits per heavy atom. The molecule has 1 saturated heterocycles. The van der Waals surface area contributed by atoms with Crippen molar-refractivity contribution in [2.75, 3.05) is 18.1 Å². The van der Waals surface area contributed by atoms with E-state index < -0.39 is 0 Å². The normalized spacial score (nSPS) is 19.1. The summed E-state index contributed by atoms with van der Waals surface area (Å²) >= 11 is 1.92. The van der Waals surface area contributed by atoms with Crippen LogP contribution in [0.4, 0.5) is 0 Å². The summed E-state index contributed by atoms with van der Waals surface area (Å²) in [6.07, 6.45) is 2.36. The van der Waals surface area contributed by atoms with Gasteiger partial charge in [-0.25, -0.2) is 0 Å². The number of nitrogens with one attached hydrogen (secondary N) is 1. The van der Waals surface area contributed by atoms with Crippen molar-refractivity contribution in [1.82, 2.24) is 15.2 Å². The molecule has 0 bridgehead atoms. The fourth-order valence-electron chi connectivity index (χ4n) is 2.30. The summed E-state index contributed by atoms with van der Waals surface area (Å²) in [7, 11) is 0. The molecule has 1 amide bonds. The molecule has 1 aliphatic heterocycles. The van der Waals surface area contributed by atoms with Gasteiger partial charge in [-0.2, -0.15) is 11.8 Å². The van der Waals surface area contributed by atoms with Crippen molar-refractivity contribution in [3.8, 4) is 0 Å². The van der Waals surface area contributed by atoms with Gasteiger partial charge in [0, 0.05) is 42.8 Å². The Hall–Kier alpha value is -1.07. The third-order valence-corrected chi connectivity index (χ3v) is 4.55. The van der Waals surface area contributed by atoms with Crippen LogP contribution in [0.2, 0.25) is 0 Å². The summed E-state index contributed by atoms with van der Waals surface area (Å²) in [6.45, 7) is 5.72. The first-order valence-corrected chi connectivity index (χ1v) is 8.33. The van der Waals surface area contributed by atoms with Crippen LogP contribution in [0.3, 0.4) is 0 Å². The molecule has 1 aliphatic rings. The van der Waals surface area contributed by atoms with Gasteiger partial charge in [0.1, 0.15) is 0 Å². The van der Waals surface area contributed by atoms with Crippen molar-refractivity contribution >= 4 is 17.7 Å². The Balaban J connectivity index is 1.95. The molecule has 1 N–H and O–H groups in total. The lowest BCUT2D eigenvalue weighted by Gasteiger charge is -2.30. The summed E-state index contributed by atoms with van der Waals surface area (Å²) in [5.74, 6) is 2.39. The zero-order chi connectivity index (χ0) is 14.4. The van der Waals surface area contributed by atoms with Crippen molar-refractivity contribution in [2.45, 2.75) is 38.9 Å². The molecule has 0 spiro atoms. The van der Waals surface area contributed by atoms with Crippen molar-refractivity contribution < 1.29 is 4.79 Å². The van der Waals surface area contributed by atoms with Crippen molar-refractivity contribution in [2.24, 2.45) is 0 Å². The minimum Gasteiger partial charge on any atom is -0.334 e. The number of pyridine rings is 1. The number of amides is 1. The van der Waals surface area contributed by atoms with Crippen LogP contribution in [0.25, 0.3) is 0 Å². The van der Waals surface area contributed by atoms with E-state index in [1.807, 2.05) is 34.9 Å². The van der Waals surface area contributed by atoms with E-state index in [0.29, 0.717) is 19.0 Å². The maximum atomic E-state index is 12.5. The molecule has 4 nitrogen and oxygen atoms in total. The van der Waals surface area contributed by atoms with E-state index in [1.165, 1.54) is 0 Å². The Bertz CT molecular complexity index is 418. The van der Waals surface area contributed by atoms with Crippen molar-refractivity contribution in [3.63, 3.8) is 0 Å². The molecular weight excluding hydrogens is 270 g/mol. The molecule has 0 saturated carbocycles. The van der Waals surface area contributed by atoms with E-state index in [9.17, 15) is 4.79 Å². The molecule has 20 heavy (non-hydrogen) atoms. The zero-order valence-electron chi connectivity index (χ0n) is 12.2. The molecular formula is C15H23N3OS. The van der Waals surface area contributed by atoms with Gasteiger partial charge >= 0.3 is 0 Å². The number of aromatic nitrogens is 1. The third-order valence-electron chi connectivity index (χ3n) is 3.42. The second-order valence-electron chi connectivity index (χ2n) is 5.37. The molecule has 1 fully saturated rings. The molecule has 0 aliphatic carbocycles.